The molecule has 1 aliphatic rings. The molecule has 3 nitrogen and oxygen atoms in total. The maximum atomic E-state index is 11.4. The summed E-state index contributed by atoms with van der Waals surface area (Å²) in [4.78, 5) is 13.1. The molecule has 2 rings (SSSR count). The molecule has 0 radical (unpaired) electrons. The van der Waals surface area contributed by atoms with Gasteiger partial charge in [0.1, 0.15) is 6.04 Å². The fraction of sp³-hybridized carbons (Fsp3) is 0.300. The Morgan fingerprint density at radius 1 is 1.50 bits per heavy atom. The topological polar surface area (TPSA) is 46.3 Å². The molecule has 1 aromatic rings. The SMILES string of the molecule is C[C@@H]1[C@H](N)C(=O)N1c1cccc(Cl)c1. The zero-order chi connectivity index (χ0) is 10.3. The Labute approximate surface area is 87.4 Å². The second kappa shape index (κ2) is 3.26. The highest BCUT2D eigenvalue weighted by Crippen LogP contribution is 2.28. The third-order valence-electron chi connectivity index (χ3n) is 2.54. The summed E-state index contributed by atoms with van der Waals surface area (Å²) >= 11 is 5.83. The molecule has 2 N–H and O–H groups in total. The smallest absolute Gasteiger partial charge is 0.246 e. The zero-order valence-corrected chi connectivity index (χ0v) is 8.53. The quantitative estimate of drug-likeness (QED) is 0.713. The number of carbonyl (C=O) groups excluding carboxylic acids is 1. The van der Waals surface area contributed by atoms with Gasteiger partial charge in [0.25, 0.3) is 0 Å². The van der Waals surface area contributed by atoms with Crippen molar-refractivity contribution in [2.45, 2.75) is 19.0 Å². The van der Waals surface area contributed by atoms with Gasteiger partial charge in [-0.05, 0) is 25.1 Å². The number of benzene rings is 1. The van der Waals surface area contributed by atoms with Crippen molar-refractivity contribution in [3.8, 4) is 0 Å². The van der Waals surface area contributed by atoms with Crippen LogP contribution in [0, 0.1) is 0 Å². The van der Waals surface area contributed by atoms with Crippen LogP contribution in [-0.4, -0.2) is 18.0 Å². The number of rotatable bonds is 1. The second-order valence-corrected chi connectivity index (χ2v) is 3.89. The Bertz CT molecular complexity index is 380. The number of nitrogens with two attached hydrogens (primary N) is 1. The molecule has 2 atom stereocenters. The Balaban J connectivity index is 2.29. The van der Waals surface area contributed by atoms with E-state index in [0.29, 0.717) is 5.02 Å². The standard InChI is InChI=1S/C10H11ClN2O/c1-6-9(12)10(14)13(6)8-4-2-3-7(11)5-8/h2-6,9H,12H2,1H3/t6-,9+/m1/s1. The third kappa shape index (κ3) is 1.29. The van der Waals surface area contributed by atoms with Gasteiger partial charge in [0.2, 0.25) is 5.91 Å². The van der Waals surface area contributed by atoms with E-state index in [9.17, 15) is 4.79 Å². The first-order chi connectivity index (χ1) is 6.61. The molecule has 0 aliphatic carbocycles. The van der Waals surface area contributed by atoms with Crippen LogP contribution in [0.25, 0.3) is 0 Å². The molecule has 0 bridgehead atoms. The summed E-state index contributed by atoms with van der Waals surface area (Å²) in [5.74, 6) is -0.0419. The number of hydrogen-bond donors (Lipinski definition) is 1. The average Bonchev–Trinajstić information content (AvgIpc) is 2.18. The molecule has 1 heterocycles. The Morgan fingerprint density at radius 2 is 2.21 bits per heavy atom. The Kier molecular flexibility index (Phi) is 2.21. The van der Waals surface area contributed by atoms with Crippen LogP contribution in [-0.2, 0) is 4.79 Å². The van der Waals surface area contributed by atoms with Gasteiger partial charge in [-0.2, -0.15) is 0 Å². The number of anilines is 1. The second-order valence-electron chi connectivity index (χ2n) is 3.45. The predicted molar refractivity (Wildman–Crippen MR) is 56.4 cm³/mol. The van der Waals surface area contributed by atoms with E-state index in [4.69, 9.17) is 17.3 Å². The van der Waals surface area contributed by atoms with E-state index in [1.807, 2.05) is 19.1 Å². The highest BCUT2D eigenvalue weighted by Gasteiger charge is 2.42. The zero-order valence-electron chi connectivity index (χ0n) is 7.77. The lowest BCUT2D eigenvalue weighted by atomic mass is 9.97. The molecule has 14 heavy (non-hydrogen) atoms. The number of carbonyl (C=O) groups is 1. The van der Waals surface area contributed by atoms with Crippen LogP contribution in [0.4, 0.5) is 5.69 Å². The molecular weight excluding hydrogens is 200 g/mol. The van der Waals surface area contributed by atoms with E-state index in [1.165, 1.54) is 0 Å². The fourth-order valence-electron chi connectivity index (χ4n) is 1.63. The lowest BCUT2D eigenvalue weighted by Gasteiger charge is -2.43. The van der Waals surface area contributed by atoms with E-state index < -0.39 is 0 Å². The summed E-state index contributed by atoms with van der Waals surface area (Å²) in [5.41, 5.74) is 6.42. The van der Waals surface area contributed by atoms with E-state index in [1.54, 1.807) is 17.0 Å². The summed E-state index contributed by atoms with van der Waals surface area (Å²) in [5, 5.41) is 0.628. The number of halogens is 1. The van der Waals surface area contributed by atoms with Crippen molar-refractivity contribution in [3.63, 3.8) is 0 Å². The van der Waals surface area contributed by atoms with Crippen LogP contribution in [0.2, 0.25) is 5.02 Å². The van der Waals surface area contributed by atoms with E-state index in [0.717, 1.165) is 5.69 Å². The molecular formula is C10H11ClN2O. The number of β-lactam (4-membered cyclic amide) rings is 1. The number of amides is 1. The van der Waals surface area contributed by atoms with Crippen molar-refractivity contribution in [1.82, 2.24) is 0 Å². The summed E-state index contributed by atoms with van der Waals surface area (Å²) in [7, 11) is 0. The molecule has 1 fully saturated rings. The van der Waals surface area contributed by atoms with E-state index in [2.05, 4.69) is 0 Å². The van der Waals surface area contributed by atoms with Gasteiger partial charge in [-0.3, -0.25) is 4.79 Å². The first-order valence-electron chi connectivity index (χ1n) is 4.45. The first-order valence-corrected chi connectivity index (χ1v) is 4.83. The lowest BCUT2D eigenvalue weighted by Crippen LogP contribution is -2.67. The molecule has 0 aromatic heterocycles. The van der Waals surface area contributed by atoms with Crippen molar-refractivity contribution < 1.29 is 4.79 Å². The monoisotopic (exact) mass is 210 g/mol. The van der Waals surface area contributed by atoms with Gasteiger partial charge in [-0.1, -0.05) is 17.7 Å². The van der Waals surface area contributed by atoms with Gasteiger partial charge >= 0.3 is 0 Å². The molecule has 1 amide bonds. The van der Waals surface area contributed by atoms with E-state index >= 15 is 0 Å². The first kappa shape index (κ1) is 9.49. The van der Waals surface area contributed by atoms with Crippen molar-refractivity contribution in [2.24, 2.45) is 5.73 Å². The summed E-state index contributed by atoms with van der Waals surface area (Å²) in [6.07, 6.45) is 0. The molecule has 0 spiro atoms. The number of nitrogens with zero attached hydrogens (tertiary/aromatic N) is 1. The molecule has 1 saturated heterocycles. The Hall–Kier alpha value is -1.06. The summed E-state index contributed by atoms with van der Waals surface area (Å²) < 4.78 is 0. The van der Waals surface area contributed by atoms with Crippen molar-refractivity contribution in [2.75, 3.05) is 4.90 Å². The Morgan fingerprint density at radius 3 is 2.79 bits per heavy atom. The van der Waals surface area contributed by atoms with Crippen LogP contribution in [0.3, 0.4) is 0 Å². The maximum Gasteiger partial charge on any atom is 0.246 e. The van der Waals surface area contributed by atoms with Crippen LogP contribution >= 0.6 is 11.6 Å². The van der Waals surface area contributed by atoms with Crippen LogP contribution in [0.15, 0.2) is 24.3 Å². The van der Waals surface area contributed by atoms with Gasteiger partial charge in [0.15, 0.2) is 0 Å². The van der Waals surface area contributed by atoms with Gasteiger partial charge < -0.3 is 10.6 Å². The van der Waals surface area contributed by atoms with Crippen LogP contribution in [0.1, 0.15) is 6.92 Å². The van der Waals surface area contributed by atoms with Crippen LogP contribution in [0.5, 0.6) is 0 Å². The number of hydrogen-bond acceptors (Lipinski definition) is 2. The largest absolute Gasteiger partial charge is 0.318 e. The summed E-state index contributed by atoms with van der Waals surface area (Å²) in [6.45, 7) is 1.92. The van der Waals surface area contributed by atoms with Gasteiger partial charge in [-0.15, -0.1) is 0 Å². The lowest BCUT2D eigenvalue weighted by molar-refractivity contribution is -0.125. The molecule has 1 aliphatic heterocycles. The highest BCUT2D eigenvalue weighted by molar-refractivity contribution is 6.31. The fourth-order valence-corrected chi connectivity index (χ4v) is 1.82. The molecule has 1 aromatic carbocycles. The molecule has 4 heteroatoms. The van der Waals surface area contributed by atoms with Crippen molar-refractivity contribution >= 4 is 23.2 Å². The summed E-state index contributed by atoms with van der Waals surface area (Å²) in [6, 6.07) is 6.91. The van der Waals surface area contributed by atoms with Gasteiger partial charge in [0, 0.05) is 10.7 Å². The van der Waals surface area contributed by atoms with Gasteiger partial charge in [-0.25, -0.2) is 0 Å². The normalized spacial score (nSPS) is 26.2. The van der Waals surface area contributed by atoms with Crippen molar-refractivity contribution in [3.05, 3.63) is 29.3 Å². The predicted octanol–water partition coefficient (Wildman–Crippen LogP) is 1.40. The maximum absolute atomic E-state index is 11.4. The van der Waals surface area contributed by atoms with Crippen molar-refractivity contribution in [1.29, 1.82) is 0 Å². The minimum Gasteiger partial charge on any atom is -0.318 e. The highest BCUT2D eigenvalue weighted by atomic mass is 35.5. The molecule has 0 unspecified atom stereocenters. The minimum atomic E-state index is -0.367. The third-order valence-corrected chi connectivity index (χ3v) is 2.77. The van der Waals surface area contributed by atoms with Crippen LogP contribution < -0.4 is 10.6 Å². The molecule has 74 valence electrons. The van der Waals surface area contributed by atoms with E-state index in [-0.39, 0.29) is 18.0 Å². The molecule has 0 saturated carbocycles. The van der Waals surface area contributed by atoms with Gasteiger partial charge in [0.05, 0.1) is 6.04 Å². The minimum absolute atomic E-state index is 0.0419. The average molecular weight is 211 g/mol.